The molecule has 0 aliphatic rings. The summed E-state index contributed by atoms with van der Waals surface area (Å²) in [6.45, 7) is 5.50. The maximum absolute atomic E-state index is 12.0. The Kier molecular flexibility index (Phi) is 6.91. The van der Waals surface area contributed by atoms with E-state index < -0.39 is 23.5 Å². The molecule has 0 bridgehead atoms. The van der Waals surface area contributed by atoms with Gasteiger partial charge in [-0.3, -0.25) is 4.79 Å². The largest absolute Gasteiger partial charge is 0.465 e. The molecule has 7 heteroatoms. The lowest BCUT2D eigenvalue weighted by Gasteiger charge is -2.19. The van der Waals surface area contributed by atoms with Gasteiger partial charge >= 0.3 is 17.9 Å². The van der Waals surface area contributed by atoms with Gasteiger partial charge in [-0.1, -0.05) is 12.1 Å². The molecule has 0 aliphatic heterocycles. The minimum atomic E-state index is -0.648. The van der Waals surface area contributed by atoms with E-state index >= 15 is 0 Å². The Morgan fingerprint density at radius 2 is 1.67 bits per heavy atom. The maximum Gasteiger partial charge on any atom is 0.339 e. The van der Waals surface area contributed by atoms with Crippen LogP contribution in [0.25, 0.3) is 0 Å². The van der Waals surface area contributed by atoms with Gasteiger partial charge in [-0.2, -0.15) is 0 Å². The van der Waals surface area contributed by atoms with Gasteiger partial charge in [-0.05, 0) is 32.4 Å². The third-order valence-electron chi connectivity index (χ3n) is 2.95. The molecule has 0 heterocycles. The Labute approximate surface area is 141 Å². The molecule has 0 unspecified atom stereocenters. The molecule has 132 valence electrons. The maximum atomic E-state index is 12.0. The topological polar surface area (TPSA) is 90.9 Å². The van der Waals surface area contributed by atoms with E-state index in [1.54, 1.807) is 32.9 Å². The second kappa shape index (κ2) is 8.44. The number of benzene rings is 1. The summed E-state index contributed by atoms with van der Waals surface area (Å²) < 4.78 is 14.6. The molecule has 0 radical (unpaired) electrons. The number of carbonyl (C=O) groups is 3. The zero-order chi connectivity index (χ0) is 18.3. The summed E-state index contributed by atoms with van der Waals surface area (Å²) in [5, 5.41) is 2.89. The second-order valence-electron chi connectivity index (χ2n) is 6.01. The van der Waals surface area contributed by atoms with Crippen molar-refractivity contribution in [3.8, 4) is 0 Å². The fraction of sp³-hybridized carbons (Fsp3) is 0.471. The first-order valence-electron chi connectivity index (χ1n) is 7.40. The normalized spacial score (nSPS) is 10.9. The lowest BCUT2D eigenvalue weighted by molar-refractivity contribution is -0.153. The molecule has 1 aromatic carbocycles. The lowest BCUT2D eigenvalue weighted by atomic mass is 10.0. The van der Waals surface area contributed by atoms with Crippen LogP contribution in [0.3, 0.4) is 0 Å². The molecule has 0 amide bonds. The van der Waals surface area contributed by atoms with Crippen molar-refractivity contribution in [3.63, 3.8) is 0 Å². The number of methoxy groups -OCH3 is 2. The van der Waals surface area contributed by atoms with Crippen LogP contribution >= 0.6 is 0 Å². The monoisotopic (exact) mass is 337 g/mol. The molecule has 0 spiro atoms. The van der Waals surface area contributed by atoms with Crippen LogP contribution in [-0.4, -0.2) is 44.3 Å². The van der Waals surface area contributed by atoms with Gasteiger partial charge in [0.1, 0.15) is 5.60 Å². The first-order valence-corrected chi connectivity index (χ1v) is 7.40. The predicted molar refractivity (Wildman–Crippen MR) is 86.7 cm³/mol. The molecular weight excluding hydrogens is 314 g/mol. The number of carbonyl (C=O) groups excluding carboxylic acids is 3. The van der Waals surface area contributed by atoms with Gasteiger partial charge in [0.15, 0.2) is 0 Å². The van der Waals surface area contributed by atoms with Crippen molar-refractivity contribution in [3.05, 3.63) is 34.9 Å². The van der Waals surface area contributed by atoms with Crippen LogP contribution in [-0.2, 0) is 25.5 Å². The van der Waals surface area contributed by atoms with Gasteiger partial charge in [0.2, 0.25) is 0 Å². The molecule has 0 saturated heterocycles. The summed E-state index contributed by atoms with van der Waals surface area (Å²) in [5.41, 5.74) is 0.179. The van der Waals surface area contributed by atoms with Gasteiger partial charge in [-0.15, -0.1) is 0 Å². The molecule has 24 heavy (non-hydrogen) atoms. The Morgan fingerprint density at radius 1 is 1.04 bits per heavy atom. The van der Waals surface area contributed by atoms with Crippen molar-refractivity contribution in [1.82, 2.24) is 5.32 Å². The van der Waals surface area contributed by atoms with Crippen molar-refractivity contribution in [2.45, 2.75) is 32.9 Å². The molecule has 7 nitrogen and oxygen atoms in total. The lowest BCUT2D eigenvalue weighted by Crippen LogP contribution is -2.31. The number of nitrogens with one attached hydrogen (secondary N) is 1. The van der Waals surface area contributed by atoms with E-state index in [2.05, 4.69) is 10.1 Å². The Bertz CT molecular complexity index is 618. The number of rotatable bonds is 6. The number of hydrogen-bond donors (Lipinski definition) is 1. The van der Waals surface area contributed by atoms with Crippen molar-refractivity contribution in [2.24, 2.45) is 0 Å². The molecule has 0 atom stereocenters. The van der Waals surface area contributed by atoms with Gasteiger partial charge in [0.05, 0.1) is 31.9 Å². The summed E-state index contributed by atoms with van der Waals surface area (Å²) >= 11 is 0. The van der Waals surface area contributed by atoms with E-state index in [0.29, 0.717) is 5.56 Å². The van der Waals surface area contributed by atoms with Gasteiger partial charge < -0.3 is 19.5 Å². The number of hydrogen-bond acceptors (Lipinski definition) is 7. The highest BCUT2D eigenvalue weighted by Crippen LogP contribution is 2.17. The average molecular weight is 337 g/mol. The molecule has 1 aromatic rings. The van der Waals surface area contributed by atoms with Gasteiger partial charge in [-0.25, -0.2) is 9.59 Å². The minimum Gasteiger partial charge on any atom is -0.465 e. The van der Waals surface area contributed by atoms with E-state index in [4.69, 9.17) is 9.47 Å². The first kappa shape index (κ1) is 19.6. The molecule has 0 aromatic heterocycles. The SMILES string of the molecule is COC(=O)c1cccc(CNCC(=O)OC(C)(C)C)c1C(=O)OC. The number of ether oxygens (including phenoxy) is 3. The van der Waals surface area contributed by atoms with E-state index in [0.717, 1.165) is 0 Å². The predicted octanol–water partition coefficient (Wildman–Crippen LogP) is 1.69. The highest BCUT2D eigenvalue weighted by molar-refractivity contribution is 6.04. The van der Waals surface area contributed by atoms with Crippen molar-refractivity contribution >= 4 is 17.9 Å². The van der Waals surface area contributed by atoms with E-state index in [-0.39, 0.29) is 24.2 Å². The standard InChI is InChI=1S/C17H23NO6/c1-17(2,3)24-13(19)10-18-9-11-7-6-8-12(15(20)22-4)14(11)16(21)23-5/h6-8,18H,9-10H2,1-5H3. The highest BCUT2D eigenvalue weighted by atomic mass is 16.6. The van der Waals surface area contributed by atoms with Crippen LogP contribution in [0.5, 0.6) is 0 Å². The summed E-state index contributed by atoms with van der Waals surface area (Å²) in [7, 11) is 2.46. The van der Waals surface area contributed by atoms with E-state index in [1.165, 1.54) is 20.3 Å². The van der Waals surface area contributed by atoms with Crippen LogP contribution < -0.4 is 5.32 Å². The minimum absolute atomic E-state index is 0.0274. The smallest absolute Gasteiger partial charge is 0.339 e. The summed E-state index contributed by atoms with van der Waals surface area (Å²) in [5.74, 6) is -1.69. The van der Waals surface area contributed by atoms with Crippen LogP contribution in [0.1, 0.15) is 47.1 Å². The Balaban J connectivity index is 2.90. The zero-order valence-electron chi connectivity index (χ0n) is 14.6. The van der Waals surface area contributed by atoms with Gasteiger partial charge in [0.25, 0.3) is 0 Å². The van der Waals surface area contributed by atoms with Crippen LogP contribution in [0.15, 0.2) is 18.2 Å². The molecule has 0 fully saturated rings. The second-order valence-corrected chi connectivity index (χ2v) is 6.01. The highest BCUT2D eigenvalue weighted by Gasteiger charge is 2.22. The molecular formula is C17H23NO6. The van der Waals surface area contributed by atoms with Crippen molar-refractivity contribution in [2.75, 3.05) is 20.8 Å². The van der Waals surface area contributed by atoms with Crippen molar-refractivity contribution < 1.29 is 28.6 Å². The molecule has 1 N–H and O–H groups in total. The molecule has 1 rings (SSSR count). The molecule has 0 aliphatic carbocycles. The van der Waals surface area contributed by atoms with Crippen LogP contribution in [0, 0.1) is 0 Å². The third-order valence-corrected chi connectivity index (χ3v) is 2.95. The summed E-state index contributed by atoms with van der Waals surface area (Å²) in [4.78, 5) is 35.5. The number of esters is 3. The average Bonchev–Trinajstić information content (AvgIpc) is 2.51. The fourth-order valence-corrected chi connectivity index (χ4v) is 2.05. The van der Waals surface area contributed by atoms with Crippen molar-refractivity contribution in [1.29, 1.82) is 0 Å². The summed E-state index contributed by atoms with van der Waals surface area (Å²) in [6.07, 6.45) is 0. The van der Waals surface area contributed by atoms with E-state index in [9.17, 15) is 14.4 Å². The third kappa shape index (κ3) is 5.66. The molecule has 0 saturated carbocycles. The zero-order valence-corrected chi connectivity index (χ0v) is 14.6. The summed E-state index contributed by atoms with van der Waals surface area (Å²) in [6, 6.07) is 4.78. The van der Waals surface area contributed by atoms with Gasteiger partial charge in [0, 0.05) is 6.54 Å². The Hall–Kier alpha value is -2.41. The van der Waals surface area contributed by atoms with Crippen LogP contribution in [0.4, 0.5) is 0 Å². The fourth-order valence-electron chi connectivity index (χ4n) is 2.05. The quantitative estimate of drug-likeness (QED) is 0.624. The first-order chi connectivity index (χ1) is 11.2. The van der Waals surface area contributed by atoms with E-state index in [1.807, 2.05) is 0 Å². The Morgan fingerprint density at radius 3 is 2.21 bits per heavy atom. The van der Waals surface area contributed by atoms with Crippen LogP contribution in [0.2, 0.25) is 0 Å².